The molecule has 0 spiro atoms. The molecule has 0 aliphatic heterocycles. The number of amides is 1. The van der Waals surface area contributed by atoms with Gasteiger partial charge in [-0.3, -0.25) is 4.79 Å². The SMILES string of the molecule is Cc1ccccc1C(=O)Nc1ccc(Cl)cc1[C@H](O)c1ccccc1. The number of nitrogens with one attached hydrogen (secondary N) is 1. The van der Waals surface area contributed by atoms with Crippen molar-refractivity contribution in [3.05, 3.63) is 100 Å². The Labute approximate surface area is 151 Å². The maximum Gasteiger partial charge on any atom is 0.255 e. The van der Waals surface area contributed by atoms with Crippen LogP contribution in [0.4, 0.5) is 5.69 Å². The number of hydrogen-bond acceptors (Lipinski definition) is 2. The molecule has 0 fully saturated rings. The molecule has 3 nitrogen and oxygen atoms in total. The second kappa shape index (κ2) is 7.51. The van der Waals surface area contributed by atoms with E-state index >= 15 is 0 Å². The predicted octanol–water partition coefficient (Wildman–Crippen LogP) is 4.98. The number of aryl methyl sites for hydroxylation is 1. The first-order valence-corrected chi connectivity index (χ1v) is 8.33. The summed E-state index contributed by atoms with van der Waals surface area (Å²) in [6, 6.07) is 21.7. The van der Waals surface area contributed by atoms with Gasteiger partial charge in [0.1, 0.15) is 6.10 Å². The summed E-state index contributed by atoms with van der Waals surface area (Å²) in [5, 5.41) is 14.1. The molecule has 4 heteroatoms. The first-order chi connectivity index (χ1) is 12.1. The zero-order valence-electron chi connectivity index (χ0n) is 13.7. The second-order valence-corrected chi connectivity index (χ2v) is 6.25. The van der Waals surface area contributed by atoms with Crippen LogP contribution in [-0.4, -0.2) is 11.0 Å². The Balaban J connectivity index is 1.95. The Morgan fingerprint density at radius 2 is 1.68 bits per heavy atom. The summed E-state index contributed by atoms with van der Waals surface area (Å²) in [7, 11) is 0. The minimum Gasteiger partial charge on any atom is -0.384 e. The maximum atomic E-state index is 12.6. The van der Waals surface area contributed by atoms with E-state index < -0.39 is 6.10 Å². The minimum atomic E-state index is -0.882. The molecular weight excluding hydrogens is 334 g/mol. The van der Waals surface area contributed by atoms with Crippen LogP contribution >= 0.6 is 11.6 Å². The monoisotopic (exact) mass is 351 g/mol. The van der Waals surface area contributed by atoms with Crippen LogP contribution in [0.25, 0.3) is 0 Å². The number of aliphatic hydroxyl groups is 1. The van der Waals surface area contributed by atoms with Gasteiger partial charge in [-0.05, 0) is 42.3 Å². The van der Waals surface area contributed by atoms with Gasteiger partial charge in [-0.15, -0.1) is 0 Å². The quantitative estimate of drug-likeness (QED) is 0.696. The van der Waals surface area contributed by atoms with Gasteiger partial charge in [0.05, 0.1) is 0 Å². The van der Waals surface area contributed by atoms with Crippen molar-refractivity contribution in [1.29, 1.82) is 0 Å². The number of anilines is 1. The number of aliphatic hydroxyl groups excluding tert-OH is 1. The summed E-state index contributed by atoms with van der Waals surface area (Å²) < 4.78 is 0. The highest BCUT2D eigenvalue weighted by Gasteiger charge is 2.17. The van der Waals surface area contributed by atoms with Crippen molar-refractivity contribution in [3.63, 3.8) is 0 Å². The number of hydrogen-bond donors (Lipinski definition) is 2. The molecule has 3 aromatic carbocycles. The molecule has 0 aromatic heterocycles. The number of halogens is 1. The van der Waals surface area contributed by atoms with E-state index in [1.54, 1.807) is 24.3 Å². The number of carbonyl (C=O) groups is 1. The standard InChI is InChI=1S/C21H18ClNO2/c1-14-7-5-6-10-17(14)21(25)23-19-12-11-16(22)13-18(19)20(24)15-8-3-2-4-9-15/h2-13,20,24H,1H3,(H,23,25)/t20-/m1/s1. The van der Waals surface area contributed by atoms with Crippen LogP contribution in [0.5, 0.6) is 0 Å². The molecule has 0 saturated heterocycles. The zero-order chi connectivity index (χ0) is 17.8. The van der Waals surface area contributed by atoms with Crippen LogP contribution in [0.15, 0.2) is 72.8 Å². The lowest BCUT2D eigenvalue weighted by Gasteiger charge is -2.17. The van der Waals surface area contributed by atoms with Crippen molar-refractivity contribution in [3.8, 4) is 0 Å². The third-order valence-corrected chi connectivity index (χ3v) is 4.30. The summed E-state index contributed by atoms with van der Waals surface area (Å²) >= 11 is 6.10. The van der Waals surface area contributed by atoms with E-state index in [4.69, 9.17) is 11.6 Å². The average Bonchev–Trinajstić information content (AvgIpc) is 2.63. The topological polar surface area (TPSA) is 49.3 Å². The number of rotatable bonds is 4. The molecule has 2 N–H and O–H groups in total. The lowest BCUT2D eigenvalue weighted by atomic mass is 9.99. The van der Waals surface area contributed by atoms with Crippen molar-refractivity contribution in [2.24, 2.45) is 0 Å². The molecule has 25 heavy (non-hydrogen) atoms. The fourth-order valence-corrected chi connectivity index (χ4v) is 2.89. The van der Waals surface area contributed by atoms with E-state index in [1.165, 1.54) is 0 Å². The van der Waals surface area contributed by atoms with Gasteiger partial charge in [0, 0.05) is 21.8 Å². The molecule has 3 rings (SSSR count). The summed E-state index contributed by atoms with van der Waals surface area (Å²) in [6.45, 7) is 1.89. The molecule has 0 saturated carbocycles. The molecule has 3 aromatic rings. The van der Waals surface area contributed by atoms with Gasteiger partial charge in [-0.1, -0.05) is 60.1 Å². The van der Waals surface area contributed by atoms with Crippen LogP contribution in [0.3, 0.4) is 0 Å². The third kappa shape index (κ3) is 3.90. The molecule has 0 aliphatic carbocycles. The van der Waals surface area contributed by atoms with Crippen molar-refractivity contribution in [1.82, 2.24) is 0 Å². The first kappa shape index (κ1) is 17.2. The fraction of sp³-hybridized carbons (Fsp3) is 0.0952. The molecule has 126 valence electrons. The Kier molecular flexibility index (Phi) is 5.17. The molecule has 1 atom stereocenters. The van der Waals surface area contributed by atoms with Crippen molar-refractivity contribution >= 4 is 23.2 Å². The number of carbonyl (C=O) groups excluding carboxylic acids is 1. The fourth-order valence-electron chi connectivity index (χ4n) is 2.71. The van der Waals surface area contributed by atoms with Crippen LogP contribution in [-0.2, 0) is 0 Å². The molecule has 0 heterocycles. The van der Waals surface area contributed by atoms with Gasteiger partial charge < -0.3 is 10.4 Å². The molecule has 0 aliphatic rings. The minimum absolute atomic E-state index is 0.220. The predicted molar refractivity (Wildman–Crippen MR) is 101 cm³/mol. The van der Waals surface area contributed by atoms with Gasteiger partial charge >= 0.3 is 0 Å². The largest absolute Gasteiger partial charge is 0.384 e. The third-order valence-electron chi connectivity index (χ3n) is 4.06. The van der Waals surface area contributed by atoms with Crippen LogP contribution < -0.4 is 5.32 Å². The molecule has 0 unspecified atom stereocenters. The van der Waals surface area contributed by atoms with Gasteiger partial charge in [-0.2, -0.15) is 0 Å². The smallest absolute Gasteiger partial charge is 0.255 e. The maximum absolute atomic E-state index is 12.6. The Hall–Kier alpha value is -2.62. The lowest BCUT2D eigenvalue weighted by molar-refractivity contribution is 0.102. The van der Waals surface area contributed by atoms with Crippen molar-refractivity contribution in [2.45, 2.75) is 13.0 Å². The highest BCUT2D eigenvalue weighted by atomic mass is 35.5. The van der Waals surface area contributed by atoms with Gasteiger partial charge in [0.15, 0.2) is 0 Å². The van der Waals surface area contributed by atoms with Crippen molar-refractivity contribution < 1.29 is 9.90 Å². The van der Waals surface area contributed by atoms with Gasteiger partial charge in [-0.25, -0.2) is 0 Å². The highest BCUT2D eigenvalue weighted by molar-refractivity contribution is 6.30. The zero-order valence-corrected chi connectivity index (χ0v) is 14.5. The normalized spacial score (nSPS) is 11.8. The van der Waals surface area contributed by atoms with E-state index in [1.807, 2.05) is 55.5 Å². The van der Waals surface area contributed by atoms with Gasteiger partial charge in [0.25, 0.3) is 5.91 Å². The van der Waals surface area contributed by atoms with E-state index in [0.29, 0.717) is 21.8 Å². The molecule has 0 bridgehead atoms. The Morgan fingerprint density at radius 1 is 1.00 bits per heavy atom. The Morgan fingerprint density at radius 3 is 2.40 bits per heavy atom. The van der Waals surface area contributed by atoms with Crippen molar-refractivity contribution in [2.75, 3.05) is 5.32 Å². The van der Waals surface area contributed by atoms with Crippen LogP contribution in [0.2, 0.25) is 5.02 Å². The summed E-state index contributed by atoms with van der Waals surface area (Å²) in [4.78, 5) is 12.6. The number of benzene rings is 3. The lowest BCUT2D eigenvalue weighted by Crippen LogP contribution is -2.15. The summed E-state index contributed by atoms with van der Waals surface area (Å²) in [5.74, 6) is -0.220. The molecule has 1 amide bonds. The van der Waals surface area contributed by atoms with E-state index in [9.17, 15) is 9.90 Å². The van der Waals surface area contributed by atoms with E-state index in [-0.39, 0.29) is 5.91 Å². The first-order valence-electron chi connectivity index (χ1n) is 7.95. The van der Waals surface area contributed by atoms with Crippen LogP contribution in [0.1, 0.15) is 33.2 Å². The van der Waals surface area contributed by atoms with E-state index in [0.717, 1.165) is 11.1 Å². The summed E-state index contributed by atoms with van der Waals surface area (Å²) in [6.07, 6.45) is -0.882. The van der Waals surface area contributed by atoms with Gasteiger partial charge in [0.2, 0.25) is 0 Å². The highest BCUT2D eigenvalue weighted by Crippen LogP contribution is 2.31. The Bertz CT molecular complexity index is 893. The second-order valence-electron chi connectivity index (χ2n) is 5.81. The molecule has 0 radical (unpaired) electrons. The average molecular weight is 352 g/mol. The molecular formula is C21H18ClNO2. The van der Waals surface area contributed by atoms with Crippen LogP contribution in [0, 0.1) is 6.92 Å². The summed E-state index contributed by atoms with van der Waals surface area (Å²) in [5.41, 5.74) is 3.31. The van der Waals surface area contributed by atoms with E-state index in [2.05, 4.69) is 5.32 Å².